The molecule has 0 unspecified atom stereocenters. The zero-order valence-corrected chi connectivity index (χ0v) is 11.1. The second-order valence-corrected chi connectivity index (χ2v) is 8.04. The van der Waals surface area contributed by atoms with Crippen LogP contribution < -0.4 is 4.31 Å². The van der Waals surface area contributed by atoms with Crippen LogP contribution in [0, 0.1) is 0 Å². The largest absolute Gasteiger partial charge is 0.269 e. The Balaban J connectivity index is 1.84. The van der Waals surface area contributed by atoms with E-state index in [2.05, 4.69) is 6.07 Å². The highest BCUT2D eigenvalue weighted by Gasteiger charge is 2.52. The van der Waals surface area contributed by atoms with Crippen molar-refractivity contribution in [3.8, 4) is 0 Å². The summed E-state index contributed by atoms with van der Waals surface area (Å²) in [4.78, 5) is 0. The molecule has 3 nitrogen and oxygen atoms in total. The molecule has 96 valence electrons. The third-order valence-corrected chi connectivity index (χ3v) is 7.01. The average Bonchev–Trinajstić information content (AvgIpc) is 3.09. The molecule has 1 aromatic rings. The number of para-hydroxylation sites is 1. The number of hydrogen-bond acceptors (Lipinski definition) is 2. The third kappa shape index (κ3) is 1.27. The summed E-state index contributed by atoms with van der Waals surface area (Å²) in [5.41, 5.74) is 2.35. The summed E-state index contributed by atoms with van der Waals surface area (Å²) >= 11 is 0. The first kappa shape index (κ1) is 10.9. The van der Waals surface area contributed by atoms with Crippen LogP contribution in [0.3, 0.4) is 0 Å². The summed E-state index contributed by atoms with van der Waals surface area (Å²) in [7, 11) is -3.09. The van der Waals surface area contributed by atoms with Crippen molar-refractivity contribution in [1.82, 2.24) is 0 Å². The standard InChI is InChI=1S/C14H17NO2S/c16-18(17,11-6-7-11)15-10-14(8-3-9-14)12-4-1-2-5-13(12)15/h1-2,4-5,11H,3,6-10H2. The molecule has 1 aromatic carbocycles. The first-order valence-corrected chi connectivity index (χ1v) is 8.25. The van der Waals surface area contributed by atoms with Gasteiger partial charge in [-0.25, -0.2) is 8.42 Å². The van der Waals surface area contributed by atoms with E-state index in [0.29, 0.717) is 6.54 Å². The second kappa shape index (κ2) is 3.29. The number of rotatable bonds is 2. The lowest BCUT2D eigenvalue weighted by molar-refractivity contribution is 0.268. The summed E-state index contributed by atoms with van der Waals surface area (Å²) in [5, 5.41) is -0.110. The number of hydrogen-bond donors (Lipinski definition) is 0. The molecule has 1 spiro atoms. The van der Waals surface area contributed by atoms with Crippen molar-refractivity contribution in [2.24, 2.45) is 0 Å². The number of fused-ring (bicyclic) bond motifs is 2. The molecule has 4 heteroatoms. The predicted molar refractivity (Wildman–Crippen MR) is 71.3 cm³/mol. The highest BCUT2D eigenvalue weighted by Crippen LogP contribution is 2.54. The quantitative estimate of drug-likeness (QED) is 0.821. The van der Waals surface area contributed by atoms with Crippen LogP contribution in [-0.4, -0.2) is 20.2 Å². The van der Waals surface area contributed by atoms with Gasteiger partial charge in [0.1, 0.15) is 0 Å². The van der Waals surface area contributed by atoms with E-state index >= 15 is 0 Å². The SMILES string of the molecule is O=S(=O)(C1CC1)N1CC2(CCC2)c2ccccc21. The zero-order valence-electron chi connectivity index (χ0n) is 10.3. The fourth-order valence-corrected chi connectivity index (χ4v) is 5.34. The van der Waals surface area contributed by atoms with Crippen LogP contribution in [0.25, 0.3) is 0 Å². The lowest BCUT2D eigenvalue weighted by Crippen LogP contribution is -2.42. The maximum absolute atomic E-state index is 12.5. The zero-order chi connectivity index (χ0) is 12.4. The molecule has 1 heterocycles. The molecule has 0 saturated heterocycles. The van der Waals surface area contributed by atoms with Gasteiger partial charge in [0.15, 0.2) is 0 Å². The lowest BCUT2D eigenvalue weighted by atomic mass is 9.66. The van der Waals surface area contributed by atoms with Crippen LogP contribution in [0.1, 0.15) is 37.7 Å². The van der Waals surface area contributed by atoms with Crippen LogP contribution in [0.4, 0.5) is 5.69 Å². The van der Waals surface area contributed by atoms with Crippen molar-refractivity contribution in [1.29, 1.82) is 0 Å². The van der Waals surface area contributed by atoms with Crippen molar-refractivity contribution >= 4 is 15.7 Å². The molecular formula is C14H17NO2S. The van der Waals surface area contributed by atoms with Crippen LogP contribution in [0.5, 0.6) is 0 Å². The second-order valence-electron chi connectivity index (χ2n) is 5.90. The molecule has 2 fully saturated rings. The van der Waals surface area contributed by atoms with Gasteiger partial charge in [0, 0.05) is 12.0 Å². The molecule has 0 aromatic heterocycles. The van der Waals surface area contributed by atoms with Gasteiger partial charge in [-0.15, -0.1) is 0 Å². The van der Waals surface area contributed by atoms with E-state index in [-0.39, 0.29) is 10.7 Å². The average molecular weight is 263 g/mol. The fourth-order valence-electron chi connectivity index (χ4n) is 3.39. The predicted octanol–water partition coefficient (Wildman–Crippen LogP) is 2.42. The fraction of sp³-hybridized carbons (Fsp3) is 0.571. The van der Waals surface area contributed by atoms with Crippen molar-refractivity contribution in [2.45, 2.75) is 42.8 Å². The van der Waals surface area contributed by atoms with Gasteiger partial charge in [0.2, 0.25) is 10.0 Å². The van der Waals surface area contributed by atoms with Crippen LogP contribution >= 0.6 is 0 Å². The minimum Gasteiger partial charge on any atom is -0.269 e. The minimum absolute atomic E-state index is 0.110. The molecule has 2 aliphatic carbocycles. The molecule has 1 aliphatic heterocycles. The number of sulfonamides is 1. The highest BCUT2D eigenvalue weighted by atomic mass is 32.2. The summed E-state index contributed by atoms with van der Waals surface area (Å²) in [6.07, 6.45) is 5.19. The summed E-state index contributed by atoms with van der Waals surface area (Å²) in [6.45, 7) is 0.686. The Hall–Kier alpha value is -1.03. The van der Waals surface area contributed by atoms with Crippen LogP contribution in [-0.2, 0) is 15.4 Å². The van der Waals surface area contributed by atoms with Gasteiger partial charge in [-0.2, -0.15) is 0 Å². The number of nitrogens with zero attached hydrogens (tertiary/aromatic N) is 1. The molecule has 2 saturated carbocycles. The van der Waals surface area contributed by atoms with Crippen molar-refractivity contribution in [3.63, 3.8) is 0 Å². The Labute approximate surface area is 108 Å². The van der Waals surface area contributed by atoms with Crippen molar-refractivity contribution in [2.75, 3.05) is 10.8 Å². The first-order chi connectivity index (χ1) is 8.63. The van der Waals surface area contributed by atoms with E-state index in [9.17, 15) is 8.42 Å². The molecule has 18 heavy (non-hydrogen) atoms. The van der Waals surface area contributed by atoms with Gasteiger partial charge in [-0.3, -0.25) is 4.31 Å². The maximum Gasteiger partial charge on any atom is 0.238 e. The first-order valence-electron chi connectivity index (χ1n) is 6.75. The van der Waals surface area contributed by atoms with Gasteiger partial charge in [-0.1, -0.05) is 24.6 Å². The third-order valence-electron chi connectivity index (χ3n) is 4.75. The molecule has 3 aliphatic rings. The summed E-state index contributed by atoms with van der Waals surface area (Å²) < 4.78 is 26.7. The minimum atomic E-state index is -3.09. The van der Waals surface area contributed by atoms with Crippen molar-refractivity contribution < 1.29 is 8.42 Å². The van der Waals surface area contributed by atoms with Gasteiger partial charge in [0.05, 0.1) is 10.9 Å². The van der Waals surface area contributed by atoms with Gasteiger partial charge in [0.25, 0.3) is 0 Å². The van der Waals surface area contributed by atoms with Gasteiger partial charge >= 0.3 is 0 Å². The Kier molecular flexibility index (Phi) is 1.99. The summed E-state index contributed by atoms with van der Waals surface area (Å²) in [6, 6.07) is 8.08. The Morgan fingerprint density at radius 2 is 1.89 bits per heavy atom. The van der Waals surface area contributed by atoms with E-state index < -0.39 is 10.0 Å². The molecule has 0 radical (unpaired) electrons. The number of benzene rings is 1. The number of anilines is 1. The molecule has 0 atom stereocenters. The van der Waals surface area contributed by atoms with E-state index in [1.54, 1.807) is 4.31 Å². The summed E-state index contributed by atoms with van der Waals surface area (Å²) in [5.74, 6) is 0. The lowest BCUT2D eigenvalue weighted by Gasteiger charge is -2.38. The Morgan fingerprint density at radius 3 is 2.50 bits per heavy atom. The van der Waals surface area contributed by atoms with Gasteiger partial charge < -0.3 is 0 Å². The highest BCUT2D eigenvalue weighted by molar-refractivity contribution is 7.93. The molecule has 0 amide bonds. The molecule has 4 rings (SSSR count). The maximum atomic E-state index is 12.5. The van der Waals surface area contributed by atoms with E-state index in [0.717, 1.165) is 31.4 Å². The van der Waals surface area contributed by atoms with E-state index in [1.807, 2.05) is 18.2 Å². The normalized spacial score (nSPS) is 25.0. The van der Waals surface area contributed by atoms with Crippen LogP contribution in [0.15, 0.2) is 24.3 Å². The molecular weight excluding hydrogens is 246 g/mol. The topological polar surface area (TPSA) is 37.4 Å². The Bertz CT molecular complexity index is 600. The van der Waals surface area contributed by atoms with Gasteiger partial charge in [-0.05, 0) is 37.3 Å². The van der Waals surface area contributed by atoms with E-state index in [1.165, 1.54) is 12.0 Å². The molecule has 0 bridgehead atoms. The smallest absolute Gasteiger partial charge is 0.238 e. The Morgan fingerprint density at radius 1 is 1.17 bits per heavy atom. The monoisotopic (exact) mass is 263 g/mol. The molecule has 0 N–H and O–H groups in total. The van der Waals surface area contributed by atoms with E-state index in [4.69, 9.17) is 0 Å². The van der Waals surface area contributed by atoms with Crippen LogP contribution in [0.2, 0.25) is 0 Å². The van der Waals surface area contributed by atoms with Crippen molar-refractivity contribution in [3.05, 3.63) is 29.8 Å².